The molecule has 0 saturated carbocycles. The van der Waals surface area contributed by atoms with E-state index in [1.165, 1.54) is 5.56 Å². The maximum Gasteiger partial charge on any atom is 0.282 e. The number of ether oxygens (including phenoxy) is 1. The molecule has 0 fully saturated rings. The average molecular weight is 277 g/mol. The van der Waals surface area contributed by atoms with Crippen molar-refractivity contribution >= 4 is 17.6 Å². The van der Waals surface area contributed by atoms with Gasteiger partial charge in [-0.3, -0.25) is 0 Å². The minimum atomic E-state index is 0.150. The maximum absolute atomic E-state index is 5.95. The van der Waals surface area contributed by atoms with Crippen LogP contribution in [0, 0.1) is 0 Å². The molecule has 19 heavy (non-hydrogen) atoms. The molecule has 2 atom stereocenters. The Morgan fingerprint density at radius 2 is 2.11 bits per heavy atom. The molecule has 3 rings (SSSR count). The Hall–Kier alpha value is -1.48. The molecule has 1 heterocycles. The lowest BCUT2D eigenvalue weighted by Gasteiger charge is -2.37. The quantitative estimate of drug-likeness (QED) is 0.860. The lowest BCUT2D eigenvalue weighted by molar-refractivity contribution is 0.296. The van der Waals surface area contributed by atoms with Crippen LogP contribution in [-0.2, 0) is 10.2 Å². The van der Waals surface area contributed by atoms with Crippen LogP contribution in [0.25, 0.3) is 0 Å². The first-order valence-electron chi connectivity index (χ1n) is 6.58. The van der Waals surface area contributed by atoms with Gasteiger partial charge < -0.3 is 10.5 Å². The normalized spacial score (nSPS) is 28.7. The van der Waals surface area contributed by atoms with Crippen LogP contribution >= 0.6 is 11.6 Å². The van der Waals surface area contributed by atoms with Crippen LogP contribution < -0.4 is 5.73 Å². The van der Waals surface area contributed by atoms with E-state index in [0.29, 0.717) is 12.6 Å². The zero-order valence-corrected chi connectivity index (χ0v) is 11.4. The van der Waals surface area contributed by atoms with Crippen molar-refractivity contribution in [1.82, 2.24) is 0 Å². The Balaban J connectivity index is 1.70. The molecule has 0 bridgehead atoms. The van der Waals surface area contributed by atoms with Gasteiger partial charge in [-0.15, -0.1) is 0 Å². The molecule has 1 unspecified atom stereocenters. The number of amidine groups is 1. The van der Waals surface area contributed by atoms with E-state index in [-0.39, 0.29) is 11.5 Å². The van der Waals surface area contributed by atoms with Crippen molar-refractivity contribution in [1.29, 1.82) is 0 Å². The summed E-state index contributed by atoms with van der Waals surface area (Å²) in [7, 11) is 0. The number of hydrogen-bond acceptors (Lipinski definition) is 3. The standard InChI is InChI=1S/C15H17ClN2O/c16-12-4-2-11(3-5-12)15(7-1-8-15)9-6-13-10-19-14(17)18-13/h1-5,7,13H,6,8-10H2,(H2,17,18)/t13-,15?/m0/s1. The Kier molecular flexibility index (Phi) is 3.23. The van der Waals surface area contributed by atoms with Crippen LogP contribution in [0.5, 0.6) is 0 Å². The summed E-state index contributed by atoms with van der Waals surface area (Å²) in [5.74, 6) is 0. The van der Waals surface area contributed by atoms with Crippen LogP contribution in [0.4, 0.5) is 0 Å². The van der Waals surface area contributed by atoms with Crippen LogP contribution in [0.2, 0.25) is 5.02 Å². The molecule has 1 aromatic rings. The molecule has 0 aromatic heterocycles. The predicted molar refractivity (Wildman–Crippen MR) is 77.5 cm³/mol. The highest BCUT2D eigenvalue weighted by Crippen LogP contribution is 2.42. The number of benzene rings is 1. The van der Waals surface area contributed by atoms with Crippen molar-refractivity contribution in [2.45, 2.75) is 30.7 Å². The average Bonchev–Trinajstić information content (AvgIpc) is 2.76. The number of aliphatic imine (C=N–C) groups is 1. The van der Waals surface area contributed by atoms with E-state index in [2.05, 4.69) is 29.3 Å². The lowest BCUT2D eigenvalue weighted by Crippen LogP contribution is -2.30. The predicted octanol–water partition coefficient (Wildman–Crippen LogP) is 3.03. The van der Waals surface area contributed by atoms with Gasteiger partial charge in [0.05, 0.1) is 6.04 Å². The van der Waals surface area contributed by atoms with E-state index >= 15 is 0 Å². The molecule has 2 N–H and O–H groups in total. The Morgan fingerprint density at radius 1 is 1.37 bits per heavy atom. The van der Waals surface area contributed by atoms with Gasteiger partial charge in [0, 0.05) is 10.4 Å². The topological polar surface area (TPSA) is 47.6 Å². The van der Waals surface area contributed by atoms with Gasteiger partial charge in [-0.2, -0.15) is 0 Å². The van der Waals surface area contributed by atoms with Gasteiger partial charge in [0.25, 0.3) is 6.02 Å². The number of halogens is 1. The van der Waals surface area contributed by atoms with Crippen LogP contribution in [0.3, 0.4) is 0 Å². The molecule has 1 aromatic carbocycles. The third-order valence-electron chi connectivity index (χ3n) is 4.00. The smallest absolute Gasteiger partial charge is 0.282 e. The number of rotatable bonds is 4. The Bertz CT molecular complexity index is 523. The maximum atomic E-state index is 5.95. The van der Waals surface area contributed by atoms with E-state index in [9.17, 15) is 0 Å². The first-order chi connectivity index (χ1) is 9.18. The van der Waals surface area contributed by atoms with E-state index in [1.54, 1.807) is 0 Å². The van der Waals surface area contributed by atoms with Crippen molar-refractivity contribution in [2.24, 2.45) is 10.7 Å². The van der Waals surface area contributed by atoms with E-state index in [1.807, 2.05) is 12.1 Å². The zero-order valence-electron chi connectivity index (χ0n) is 10.7. The summed E-state index contributed by atoms with van der Waals surface area (Å²) in [6.45, 7) is 0.617. The number of nitrogens with two attached hydrogens (primary N) is 1. The highest BCUT2D eigenvalue weighted by molar-refractivity contribution is 6.30. The number of nitrogens with zero attached hydrogens (tertiary/aromatic N) is 1. The van der Waals surface area contributed by atoms with E-state index in [4.69, 9.17) is 22.1 Å². The summed E-state index contributed by atoms with van der Waals surface area (Å²) >= 11 is 5.95. The molecular formula is C15H17ClN2O. The molecule has 1 aliphatic heterocycles. The van der Waals surface area contributed by atoms with Crippen LogP contribution in [0.15, 0.2) is 41.4 Å². The second-order valence-electron chi connectivity index (χ2n) is 5.24. The fourth-order valence-corrected chi connectivity index (χ4v) is 2.86. The molecule has 0 saturated heterocycles. The van der Waals surface area contributed by atoms with Crippen molar-refractivity contribution in [3.63, 3.8) is 0 Å². The highest BCUT2D eigenvalue weighted by Gasteiger charge is 2.34. The second kappa shape index (κ2) is 4.89. The Morgan fingerprint density at radius 3 is 2.63 bits per heavy atom. The third-order valence-corrected chi connectivity index (χ3v) is 4.25. The minimum absolute atomic E-state index is 0.150. The minimum Gasteiger partial charge on any atom is -0.463 e. The Labute approximate surface area is 118 Å². The van der Waals surface area contributed by atoms with Gasteiger partial charge in [0.2, 0.25) is 0 Å². The van der Waals surface area contributed by atoms with Crippen molar-refractivity contribution < 1.29 is 4.74 Å². The van der Waals surface area contributed by atoms with Crippen molar-refractivity contribution in [2.75, 3.05) is 6.61 Å². The summed E-state index contributed by atoms with van der Waals surface area (Å²) in [5, 5.41) is 0.781. The molecule has 4 heteroatoms. The second-order valence-corrected chi connectivity index (χ2v) is 5.68. The van der Waals surface area contributed by atoms with Crippen LogP contribution in [0.1, 0.15) is 24.8 Å². The van der Waals surface area contributed by atoms with Gasteiger partial charge in [-0.25, -0.2) is 4.99 Å². The summed E-state index contributed by atoms with van der Waals surface area (Å²) in [6.07, 6.45) is 7.65. The van der Waals surface area contributed by atoms with Gasteiger partial charge >= 0.3 is 0 Å². The van der Waals surface area contributed by atoms with Crippen LogP contribution in [-0.4, -0.2) is 18.7 Å². The van der Waals surface area contributed by atoms with Crippen molar-refractivity contribution in [3.8, 4) is 0 Å². The largest absolute Gasteiger partial charge is 0.463 e. The number of allylic oxidation sites excluding steroid dienone is 2. The molecule has 0 amide bonds. The van der Waals surface area contributed by atoms with Crippen molar-refractivity contribution in [3.05, 3.63) is 47.0 Å². The summed E-state index contributed by atoms with van der Waals surface area (Å²) in [6, 6.07) is 8.69. The molecule has 1 aliphatic carbocycles. The lowest BCUT2D eigenvalue weighted by atomic mass is 9.67. The molecule has 0 radical (unpaired) electrons. The molecule has 0 spiro atoms. The summed E-state index contributed by atoms with van der Waals surface area (Å²) in [4.78, 5) is 4.28. The number of hydrogen-bond donors (Lipinski definition) is 1. The zero-order chi connectivity index (χ0) is 13.3. The van der Waals surface area contributed by atoms with Gasteiger partial charge in [-0.1, -0.05) is 35.9 Å². The molecular weight excluding hydrogens is 260 g/mol. The monoisotopic (exact) mass is 276 g/mol. The third kappa shape index (κ3) is 2.47. The van der Waals surface area contributed by atoms with Gasteiger partial charge in [0.15, 0.2) is 0 Å². The summed E-state index contributed by atoms with van der Waals surface area (Å²) in [5.41, 5.74) is 7.02. The van der Waals surface area contributed by atoms with E-state index < -0.39 is 0 Å². The molecule has 2 aliphatic rings. The molecule has 3 nitrogen and oxygen atoms in total. The van der Waals surface area contributed by atoms with E-state index in [0.717, 1.165) is 24.3 Å². The first-order valence-corrected chi connectivity index (χ1v) is 6.96. The first kappa shape index (κ1) is 12.5. The summed E-state index contributed by atoms with van der Waals surface area (Å²) < 4.78 is 5.20. The SMILES string of the molecule is NC1=N[C@@H](CCC2(c3ccc(Cl)cc3)C=CC2)CO1. The van der Waals surface area contributed by atoms with Gasteiger partial charge in [-0.05, 0) is 37.0 Å². The molecule has 100 valence electrons. The fourth-order valence-electron chi connectivity index (χ4n) is 2.74. The van der Waals surface area contributed by atoms with Gasteiger partial charge in [0.1, 0.15) is 6.61 Å². The highest BCUT2D eigenvalue weighted by atomic mass is 35.5. The fraction of sp³-hybridized carbons (Fsp3) is 0.400.